The Balaban J connectivity index is 2.02. The van der Waals surface area contributed by atoms with E-state index >= 15 is 0 Å². The molecule has 0 saturated carbocycles. The lowest BCUT2D eigenvalue weighted by atomic mass is 10.0. The maximum absolute atomic E-state index is 6.54. The quantitative estimate of drug-likeness (QED) is 0.390. The molecule has 0 fully saturated rings. The largest absolute Gasteiger partial charge is 0.0836 e. The van der Waals surface area contributed by atoms with Crippen molar-refractivity contribution in [3.8, 4) is 33.4 Å². The number of rotatable bonds is 1. The van der Waals surface area contributed by atoms with Crippen LogP contribution in [0.15, 0.2) is 78.9 Å². The van der Waals surface area contributed by atoms with Crippen LogP contribution in [0.1, 0.15) is 0 Å². The van der Waals surface area contributed by atoms with Gasteiger partial charge in [0.2, 0.25) is 0 Å². The maximum atomic E-state index is 6.54. The molecule has 0 saturated heterocycles. The summed E-state index contributed by atoms with van der Waals surface area (Å²) in [6, 6.07) is 27.2. The van der Waals surface area contributed by atoms with Crippen molar-refractivity contribution in [2.75, 3.05) is 0 Å². The van der Waals surface area contributed by atoms with E-state index in [1.54, 1.807) is 0 Å². The predicted octanol–water partition coefficient (Wildman–Crippen LogP) is 6.22. The maximum Gasteiger partial charge on any atom is 0.0497 e. The van der Waals surface area contributed by atoms with Crippen LogP contribution < -0.4 is 0 Å². The van der Waals surface area contributed by atoms with E-state index in [0.717, 1.165) is 10.6 Å². The molecule has 0 spiro atoms. The van der Waals surface area contributed by atoms with Crippen LogP contribution in [0, 0.1) is 0 Å². The summed E-state index contributed by atoms with van der Waals surface area (Å²) in [5, 5.41) is 0.815. The van der Waals surface area contributed by atoms with E-state index in [2.05, 4.69) is 60.7 Å². The fraction of sp³-hybridized carbons (Fsp3) is 0. The Morgan fingerprint density at radius 3 is 2.00 bits per heavy atom. The van der Waals surface area contributed by atoms with E-state index in [1.165, 1.54) is 27.8 Å². The number of hydrogen-bond acceptors (Lipinski definition) is 0. The van der Waals surface area contributed by atoms with Gasteiger partial charge in [-0.15, -0.1) is 0 Å². The molecule has 0 N–H and O–H groups in total. The summed E-state index contributed by atoms with van der Waals surface area (Å²) in [5.74, 6) is 0. The minimum Gasteiger partial charge on any atom is -0.0836 e. The molecular formula is C20H13Cl. The molecule has 21 heavy (non-hydrogen) atoms. The van der Waals surface area contributed by atoms with Crippen molar-refractivity contribution in [2.24, 2.45) is 0 Å². The van der Waals surface area contributed by atoms with Crippen LogP contribution in [0.4, 0.5) is 0 Å². The summed E-state index contributed by atoms with van der Waals surface area (Å²) in [4.78, 5) is 0. The lowest BCUT2D eigenvalue weighted by molar-refractivity contribution is 1.76. The summed E-state index contributed by atoms with van der Waals surface area (Å²) in [5.41, 5.74) is 7.18. The summed E-state index contributed by atoms with van der Waals surface area (Å²) in [6.07, 6.45) is 0. The van der Waals surface area contributed by atoms with E-state index in [4.69, 9.17) is 11.6 Å². The molecule has 0 amide bonds. The van der Waals surface area contributed by atoms with Gasteiger partial charge < -0.3 is 0 Å². The first-order chi connectivity index (χ1) is 10.3. The van der Waals surface area contributed by atoms with Crippen molar-refractivity contribution in [3.05, 3.63) is 83.9 Å². The van der Waals surface area contributed by atoms with Gasteiger partial charge in [-0.05, 0) is 33.9 Å². The average molecular weight is 289 g/mol. The van der Waals surface area contributed by atoms with E-state index in [-0.39, 0.29) is 0 Å². The number of halogens is 1. The van der Waals surface area contributed by atoms with Crippen LogP contribution in [0.2, 0.25) is 5.02 Å². The Bertz CT molecular complexity index is 863. The zero-order valence-electron chi connectivity index (χ0n) is 11.4. The SMILES string of the molecule is Clc1cc2cccccc-2c1-c1ccc2cccccc1-2. The van der Waals surface area contributed by atoms with E-state index in [1.807, 2.05) is 18.2 Å². The Morgan fingerprint density at radius 1 is 0.524 bits per heavy atom. The monoisotopic (exact) mass is 288 g/mol. The van der Waals surface area contributed by atoms with Crippen LogP contribution in [0.5, 0.6) is 0 Å². The highest BCUT2D eigenvalue weighted by molar-refractivity contribution is 6.35. The lowest BCUT2D eigenvalue weighted by Crippen LogP contribution is -1.77. The van der Waals surface area contributed by atoms with Crippen LogP contribution in [0.25, 0.3) is 33.4 Å². The predicted molar refractivity (Wildman–Crippen MR) is 90.1 cm³/mol. The normalized spacial score (nSPS) is 11.1. The highest BCUT2D eigenvalue weighted by atomic mass is 35.5. The molecule has 0 atom stereocenters. The lowest BCUT2D eigenvalue weighted by Gasteiger charge is -2.04. The van der Waals surface area contributed by atoms with Gasteiger partial charge in [-0.25, -0.2) is 0 Å². The van der Waals surface area contributed by atoms with Crippen LogP contribution >= 0.6 is 11.6 Å². The molecule has 100 valence electrons. The topological polar surface area (TPSA) is 0 Å². The molecule has 0 bridgehead atoms. The van der Waals surface area contributed by atoms with Crippen molar-refractivity contribution < 1.29 is 0 Å². The third-order valence-electron chi connectivity index (χ3n) is 3.92. The number of hydrogen-bond donors (Lipinski definition) is 0. The zero-order chi connectivity index (χ0) is 14.2. The van der Waals surface area contributed by atoms with Gasteiger partial charge in [0.25, 0.3) is 0 Å². The van der Waals surface area contributed by atoms with Crippen molar-refractivity contribution >= 4 is 11.6 Å². The molecule has 0 aliphatic heterocycles. The van der Waals surface area contributed by atoms with E-state index in [9.17, 15) is 0 Å². The Hall–Kier alpha value is -2.31. The Morgan fingerprint density at radius 2 is 1.19 bits per heavy atom. The molecular weight excluding hydrogens is 276 g/mol. The van der Waals surface area contributed by atoms with Gasteiger partial charge >= 0.3 is 0 Å². The van der Waals surface area contributed by atoms with Gasteiger partial charge in [-0.1, -0.05) is 84.4 Å². The minimum atomic E-state index is 0.815. The summed E-state index contributed by atoms with van der Waals surface area (Å²) in [6.45, 7) is 0. The molecule has 4 rings (SSSR count). The van der Waals surface area contributed by atoms with Gasteiger partial charge in [0.05, 0.1) is 0 Å². The van der Waals surface area contributed by atoms with Crippen molar-refractivity contribution in [1.82, 2.24) is 0 Å². The average Bonchev–Trinajstić information content (AvgIpc) is 2.80. The Kier molecular flexibility index (Phi) is 2.90. The van der Waals surface area contributed by atoms with Crippen LogP contribution in [-0.4, -0.2) is 0 Å². The summed E-state index contributed by atoms with van der Waals surface area (Å²) in [7, 11) is 0. The molecule has 0 radical (unpaired) electrons. The van der Waals surface area contributed by atoms with Gasteiger partial charge in [-0.2, -0.15) is 0 Å². The van der Waals surface area contributed by atoms with E-state index < -0.39 is 0 Å². The van der Waals surface area contributed by atoms with E-state index in [0.29, 0.717) is 0 Å². The molecule has 0 heterocycles. The Labute approximate surface area is 129 Å². The molecule has 0 aromatic rings. The third kappa shape index (κ3) is 2.00. The summed E-state index contributed by atoms with van der Waals surface area (Å²) >= 11 is 6.54. The second kappa shape index (κ2) is 4.91. The first-order valence-electron chi connectivity index (χ1n) is 7.00. The minimum absolute atomic E-state index is 0.815. The molecule has 0 nitrogen and oxygen atoms in total. The standard InChI is InChI=1S/C20H13Cl/c21-19-13-15-8-4-2-6-10-17(15)20(19)18-12-11-14-7-3-1-5-9-16(14)18/h1-13H. The second-order valence-electron chi connectivity index (χ2n) is 5.17. The highest BCUT2D eigenvalue weighted by Gasteiger charge is 2.19. The van der Waals surface area contributed by atoms with Gasteiger partial charge in [0, 0.05) is 10.6 Å². The molecule has 4 aliphatic carbocycles. The highest BCUT2D eigenvalue weighted by Crippen LogP contribution is 2.46. The van der Waals surface area contributed by atoms with Crippen molar-refractivity contribution in [2.45, 2.75) is 0 Å². The molecule has 0 unspecified atom stereocenters. The second-order valence-corrected chi connectivity index (χ2v) is 5.58. The van der Waals surface area contributed by atoms with Crippen LogP contribution in [-0.2, 0) is 0 Å². The fourth-order valence-corrected chi connectivity index (χ4v) is 3.28. The molecule has 0 aromatic heterocycles. The fourth-order valence-electron chi connectivity index (χ4n) is 2.96. The molecule has 0 aromatic carbocycles. The van der Waals surface area contributed by atoms with Gasteiger partial charge in [0.1, 0.15) is 0 Å². The van der Waals surface area contributed by atoms with Crippen molar-refractivity contribution in [3.63, 3.8) is 0 Å². The van der Waals surface area contributed by atoms with Gasteiger partial charge in [0.15, 0.2) is 0 Å². The summed E-state index contributed by atoms with van der Waals surface area (Å²) < 4.78 is 0. The first kappa shape index (κ1) is 12.4. The number of fused-ring (bicyclic) bond motifs is 2. The van der Waals surface area contributed by atoms with Gasteiger partial charge in [-0.3, -0.25) is 0 Å². The smallest absolute Gasteiger partial charge is 0.0497 e. The third-order valence-corrected chi connectivity index (χ3v) is 4.22. The van der Waals surface area contributed by atoms with Crippen LogP contribution in [0.3, 0.4) is 0 Å². The molecule has 4 aliphatic rings. The first-order valence-corrected chi connectivity index (χ1v) is 7.38. The molecule has 1 heteroatoms. The zero-order valence-corrected chi connectivity index (χ0v) is 12.1. The van der Waals surface area contributed by atoms with Crippen molar-refractivity contribution in [1.29, 1.82) is 0 Å².